The number of rotatable bonds is 13. The normalized spacial score (nSPS) is 11.9. The van der Waals surface area contributed by atoms with Crippen LogP contribution in [0.3, 0.4) is 0 Å². The van der Waals surface area contributed by atoms with Gasteiger partial charge in [-0.15, -0.1) is 0 Å². The van der Waals surface area contributed by atoms with Gasteiger partial charge < -0.3 is 26.2 Å². The third-order valence-corrected chi connectivity index (χ3v) is 18.4. The standard InChI is InChI=1S/C34H33P3.C3H6O.C2F6NO4S2.BF4.Pt/c1-6-16-30(17-7-1)35(26-28-36(31-18-8-2-9-19-31)32-20-10-3-11-21-32)27-29-37(33-22-12-4-13-23-33)34-24-14-5-15-25-34;1-3(2)4;3-1(4,5)14(10,11)9-15(12,13)2(6,7)8;2-1(3,4)5;/h1-25H,26-29H2;1-2H3;;;/q;;2*-1;+2. The van der Waals surface area contributed by atoms with Crippen LogP contribution in [0.1, 0.15) is 13.8 Å². The van der Waals surface area contributed by atoms with Crippen LogP contribution in [-0.4, -0.2) is 65.5 Å². The summed E-state index contributed by atoms with van der Waals surface area (Å²) in [6.07, 6.45) is 5.00. The molecule has 5 aromatic carbocycles. The fourth-order valence-corrected chi connectivity index (χ4v) is 15.2. The molecular formula is C39H39BF10NO5P3PtS2. The summed E-state index contributed by atoms with van der Waals surface area (Å²) in [7, 11) is -20.4. The maximum Gasteiger partial charge on any atom is 2.00 e. The number of Topliss-reactive ketones (excluding diaryl/α,β-unsaturated/α-hetero) is 1. The molecule has 0 saturated heterocycles. The number of sulfonamides is 2. The van der Waals surface area contributed by atoms with Gasteiger partial charge in [0.05, 0.1) is 0 Å². The SMILES string of the molecule is CC(C)=O.F[B-](F)(F)F.O=S(=O)([N-]S(=O)(=O)C(F)(F)F)C(F)(F)F.[Pt+2].c1ccc(P(CCP(c2ccccc2)c2ccccc2)CCP(c2ccccc2)c2ccccc2)cc1. The summed E-state index contributed by atoms with van der Waals surface area (Å²) in [5.41, 5.74) is -12.4. The molecule has 0 N–H and O–H groups in total. The Morgan fingerprint density at radius 1 is 0.468 bits per heavy atom. The van der Waals surface area contributed by atoms with Crippen molar-refractivity contribution in [2.24, 2.45) is 0 Å². The van der Waals surface area contributed by atoms with Gasteiger partial charge >= 0.3 is 39.3 Å². The quantitative estimate of drug-likeness (QED) is 0.0665. The van der Waals surface area contributed by atoms with Gasteiger partial charge in [-0.25, -0.2) is 16.8 Å². The topological polar surface area (TPSA) is 99.4 Å². The van der Waals surface area contributed by atoms with Crippen molar-refractivity contribution in [3.8, 4) is 0 Å². The first-order valence-corrected chi connectivity index (χ1v) is 25.2. The second kappa shape index (κ2) is 26.7. The molecule has 0 bridgehead atoms. The summed E-state index contributed by atoms with van der Waals surface area (Å²) in [4.78, 5) is 9.44. The number of hydrogen-bond donors (Lipinski definition) is 0. The molecule has 0 aliphatic rings. The van der Waals surface area contributed by atoms with E-state index >= 15 is 0 Å². The second-order valence-corrected chi connectivity index (χ2v) is 22.9. The zero-order valence-electron chi connectivity index (χ0n) is 32.6. The molecule has 6 nitrogen and oxygen atoms in total. The van der Waals surface area contributed by atoms with Gasteiger partial charge in [-0.05, 0) is 80.9 Å². The maximum atomic E-state index is 11.4. The monoisotopic (exact) mass is 1150 g/mol. The van der Waals surface area contributed by atoms with Gasteiger partial charge in [-0.2, -0.15) is 26.3 Å². The Labute approximate surface area is 373 Å². The van der Waals surface area contributed by atoms with Crippen LogP contribution in [0.25, 0.3) is 4.13 Å². The third kappa shape index (κ3) is 21.6. The van der Waals surface area contributed by atoms with Crippen molar-refractivity contribution in [3.05, 3.63) is 156 Å². The van der Waals surface area contributed by atoms with E-state index in [1.807, 2.05) is 0 Å². The van der Waals surface area contributed by atoms with E-state index in [4.69, 9.17) is 0 Å². The molecule has 0 unspecified atom stereocenters. The fraction of sp³-hybridized carbons (Fsp3) is 0.205. The summed E-state index contributed by atoms with van der Waals surface area (Å²) >= 11 is 0. The molecule has 5 rings (SSSR count). The minimum atomic E-state index is -6.72. The predicted molar refractivity (Wildman–Crippen MR) is 230 cm³/mol. The Morgan fingerprint density at radius 2 is 0.661 bits per heavy atom. The first kappa shape index (κ1) is 57.0. The molecule has 0 radical (unpaired) electrons. The van der Waals surface area contributed by atoms with Crippen LogP contribution in [0.15, 0.2) is 152 Å². The summed E-state index contributed by atoms with van der Waals surface area (Å²) < 4.78 is 148. The van der Waals surface area contributed by atoms with Crippen molar-refractivity contribution in [1.82, 2.24) is 0 Å². The molecule has 0 spiro atoms. The molecule has 340 valence electrons. The third-order valence-electron chi connectivity index (χ3n) is 7.36. The first-order valence-electron chi connectivity index (χ1n) is 17.6. The van der Waals surface area contributed by atoms with E-state index in [1.165, 1.54) is 59.7 Å². The summed E-state index contributed by atoms with van der Waals surface area (Å²) in [6.45, 7) is 3.06. The minimum Gasteiger partial charge on any atom is -0.421 e. The number of carbonyl (C=O) groups is 1. The molecule has 62 heavy (non-hydrogen) atoms. The van der Waals surface area contributed by atoms with Gasteiger partial charge in [-0.3, -0.25) is 0 Å². The Hall–Kier alpha value is -3.03. The molecule has 23 heteroatoms. The van der Waals surface area contributed by atoms with Gasteiger partial charge in [0.25, 0.3) is 0 Å². The largest absolute Gasteiger partial charge is 2.00 e. The van der Waals surface area contributed by atoms with Crippen LogP contribution >= 0.6 is 23.8 Å². The van der Waals surface area contributed by atoms with Crippen molar-refractivity contribution >= 4 is 83.4 Å². The maximum absolute atomic E-state index is 11.4. The van der Waals surface area contributed by atoms with Crippen LogP contribution in [-0.2, 0) is 45.9 Å². The Bertz CT molecular complexity index is 2040. The number of alkyl halides is 6. The molecule has 0 aliphatic heterocycles. The van der Waals surface area contributed by atoms with E-state index in [-0.39, 0.29) is 50.6 Å². The summed E-state index contributed by atoms with van der Waals surface area (Å²) in [5, 5.41) is 7.50. The number of hydrogen-bond acceptors (Lipinski definition) is 5. The van der Waals surface area contributed by atoms with Crippen LogP contribution in [0, 0.1) is 0 Å². The molecule has 0 fully saturated rings. The van der Waals surface area contributed by atoms with Crippen LogP contribution in [0.4, 0.5) is 43.6 Å². The van der Waals surface area contributed by atoms with Gasteiger partial charge in [0.1, 0.15) is 5.78 Å². The average molecular weight is 1150 g/mol. The Kier molecular flexibility index (Phi) is 24.5. The molecule has 0 heterocycles. The molecule has 5 aromatic rings. The zero-order chi connectivity index (χ0) is 45.9. The zero-order valence-corrected chi connectivity index (χ0v) is 39.2. The first-order chi connectivity index (χ1) is 28.3. The van der Waals surface area contributed by atoms with Crippen molar-refractivity contribution in [3.63, 3.8) is 0 Å². The molecule has 0 aromatic heterocycles. The summed E-state index contributed by atoms with van der Waals surface area (Å²) in [6, 6.07) is 56.0. The average Bonchev–Trinajstić information content (AvgIpc) is 3.17. The van der Waals surface area contributed by atoms with E-state index in [2.05, 4.69) is 152 Å². The fourth-order valence-electron chi connectivity index (χ4n) is 4.91. The number of ketones is 1. The molecule has 0 atom stereocenters. The van der Waals surface area contributed by atoms with E-state index in [0.717, 1.165) is 4.13 Å². The molecular weight excluding hydrogens is 1120 g/mol. The predicted octanol–water partition coefficient (Wildman–Crippen LogP) is 10.0. The summed E-state index contributed by atoms with van der Waals surface area (Å²) in [5.74, 6) is 0.167. The van der Waals surface area contributed by atoms with E-state index < -0.39 is 38.3 Å². The van der Waals surface area contributed by atoms with E-state index in [0.29, 0.717) is 0 Å². The Balaban J connectivity index is 0.000000639. The molecule has 0 amide bonds. The van der Waals surface area contributed by atoms with Gasteiger partial charge in [0.2, 0.25) is 0 Å². The second-order valence-electron chi connectivity index (χ2n) is 12.3. The molecule has 0 aliphatic carbocycles. The van der Waals surface area contributed by atoms with Crippen molar-refractivity contribution < 1.29 is 86.3 Å². The number of nitrogens with zero attached hydrogens (tertiary/aromatic N) is 1. The van der Waals surface area contributed by atoms with Gasteiger partial charge in [-0.1, -0.05) is 160 Å². The van der Waals surface area contributed by atoms with E-state index in [9.17, 15) is 65.2 Å². The minimum absolute atomic E-state index is 0. The van der Waals surface area contributed by atoms with Gasteiger partial charge in [0.15, 0.2) is 20.0 Å². The van der Waals surface area contributed by atoms with Crippen molar-refractivity contribution in [1.29, 1.82) is 0 Å². The van der Waals surface area contributed by atoms with Crippen LogP contribution < -0.4 is 26.5 Å². The number of benzene rings is 5. The molecule has 0 saturated carbocycles. The van der Waals surface area contributed by atoms with Gasteiger partial charge in [0, 0.05) is 0 Å². The Morgan fingerprint density at radius 3 is 0.855 bits per heavy atom. The smallest absolute Gasteiger partial charge is 0.421 e. The van der Waals surface area contributed by atoms with Crippen LogP contribution in [0.5, 0.6) is 0 Å². The number of carbonyl (C=O) groups excluding carboxylic acids is 1. The van der Waals surface area contributed by atoms with Crippen molar-refractivity contribution in [2.75, 3.05) is 24.6 Å². The van der Waals surface area contributed by atoms with Crippen molar-refractivity contribution in [2.45, 2.75) is 24.9 Å². The number of halogens is 10. The van der Waals surface area contributed by atoms with Crippen LogP contribution in [0.2, 0.25) is 0 Å². The van der Waals surface area contributed by atoms with E-state index in [1.54, 1.807) is 5.30 Å².